The van der Waals surface area contributed by atoms with E-state index < -0.39 is 5.82 Å². The lowest BCUT2D eigenvalue weighted by Gasteiger charge is -2.25. The molecule has 1 aromatic carbocycles. The van der Waals surface area contributed by atoms with Crippen molar-refractivity contribution in [2.24, 2.45) is 0 Å². The molecule has 0 N–H and O–H groups in total. The zero-order valence-electron chi connectivity index (χ0n) is 10.3. The van der Waals surface area contributed by atoms with Gasteiger partial charge in [-0.05, 0) is 18.2 Å². The van der Waals surface area contributed by atoms with E-state index in [2.05, 4.69) is 4.90 Å². The molecule has 1 fully saturated rings. The van der Waals surface area contributed by atoms with E-state index in [0.29, 0.717) is 17.9 Å². The molecule has 0 aliphatic carbocycles. The van der Waals surface area contributed by atoms with Gasteiger partial charge in [0.25, 0.3) is 0 Å². The highest BCUT2D eigenvalue weighted by molar-refractivity contribution is 7.99. The van der Waals surface area contributed by atoms with E-state index >= 15 is 0 Å². The molecule has 0 aromatic heterocycles. The maximum Gasteiger partial charge on any atom is 0.180 e. The van der Waals surface area contributed by atoms with Gasteiger partial charge in [0.2, 0.25) is 0 Å². The monoisotopic (exact) mass is 269 g/mol. The second-order valence-corrected chi connectivity index (χ2v) is 5.38. The first-order valence-electron chi connectivity index (χ1n) is 5.87. The fourth-order valence-corrected chi connectivity index (χ4v) is 2.92. The lowest BCUT2D eigenvalue weighted by atomic mass is 10.1. The van der Waals surface area contributed by atoms with Crippen LogP contribution in [0.4, 0.5) is 4.39 Å². The van der Waals surface area contributed by atoms with Crippen molar-refractivity contribution in [3.63, 3.8) is 0 Å². The van der Waals surface area contributed by atoms with E-state index in [-0.39, 0.29) is 5.78 Å². The fourth-order valence-electron chi connectivity index (χ4n) is 1.95. The summed E-state index contributed by atoms with van der Waals surface area (Å²) in [5.74, 6) is 2.04. The zero-order valence-corrected chi connectivity index (χ0v) is 11.1. The molecule has 2 rings (SSSR count). The average molecular weight is 269 g/mol. The van der Waals surface area contributed by atoms with E-state index in [4.69, 9.17) is 4.74 Å². The third-order valence-electron chi connectivity index (χ3n) is 2.93. The van der Waals surface area contributed by atoms with E-state index in [1.807, 2.05) is 11.8 Å². The lowest BCUT2D eigenvalue weighted by molar-refractivity contribution is 0.0934. The van der Waals surface area contributed by atoms with Crippen molar-refractivity contribution in [1.82, 2.24) is 4.90 Å². The van der Waals surface area contributed by atoms with Crippen LogP contribution < -0.4 is 4.74 Å². The fraction of sp³-hybridized carbons (Fsp3) is 0.462. The van der Waals surface area contributed by atoms with Gasteiger partial charge < -0.3 is 4.74 Å². The molecule has 1 heterocycles. The lowest BCUT2D eigenvalue weighted by Crippen LogP contribution is -2.36. The predicted octanol–water partition coefficient (Wildman–Crippen LogP) is 2.07. The summed E-state index contributed by atoms with van der Waals surface area (Å²) in [6.07, 6.45) is 0. The van der Waals surface area contributed by atoms with Crippen LogP contribution in [-0.2, 0) is 0 Å². The van der Waals surface area contributed by atoms with Crippen LogP contribution in [0.25, 0.3) is 0 Å². The van der Waals surface area contributed by atoms with Crippen molar-refractivity contribution in [2.75, 3.05) is 38.2 Å². The molecule has 98 valence electrons. The Hall–Kier alpha value is -1.07. The highest BCUT2D eigenvalue weighted by atomic mass is 32.2. The van der Waals surface area contributed by atoms with E-state index in [1.165, 1.54) is 25.3 Å². The van der Waals surface area contributed by atoms with Gasteiger partial charge in [-0.1, -0.05) is 0 Å². The number of halogens is 1. The van der Waals surface area contributed by atoms with Gasteiger partial charge in [-0.15, -0.1) is 0 Å². The summed E-state index contributed by atoms with van der Waals surface area (Å²) in [6, 6.07) is 4.04. The van der Waals surface area contributed by atoms with Gasteiger partial charge in [-0.3, -0.25) is 9.69 Å². The Labute approximate surface area is 110 Å². The molecule has 18 heavy (non-hydrogen) atoms. The largest absolute Gasteiger partial charge is 0.496 e. The number of thioether (sulfide) groups is 1. The van der Waals surface area contributed by atoms with Crippen molar-refractivity contribution in [2.45, 2.75) is 0 Å². The van der Waals surface area contributed by atoms with Gasteiger partial charge >= 0.3 is 0 Å². The maximum absolute atomic E-state index is 13.2. The van der Waals surface area contributed by atoms with Gasteiger partial charge in [-0.2, -0.15) is 11.8 Å². The Morgan fingerprint density at radius 3 is 2.83 bits per heavy atom. The number of ether oxygens (including phenoxy) is 1. The Kier molecular flexibility index (Phi) is 4.60. The van der Waals surface area contributed by atoms with Crippen molar-refractivity contribution in [3.05, 3.63) is 29.6 Å². The number of carbonyl (C=O) groups is 1. The summed E-state index contributed by atoms with van der Waals surface area (Å²) in [5.41, 5.74) is 0.329. The standard InChI is InChI=1S/C13H16FNO2S/c1-17-13-3-2-10(14)8-11(13)12(16)9-15-4-6-18-7-5-15/h2-3,8H,4-7,9H2,1H3. The smallest absolute Gasteiger partial charge is 0.180 e. The highest BCUT2D eigenvalue weighted by Crippen LogP contribution is 2.20. The topological polar surface area (TPSA) is 29.5 Å². The van der Waals surface area contributed by atoms with Gasteiger partial charge in [-0.25, -0.2) is 4.39 Å². The van der Waals surface area contributed by atoms with Crippen molar-refractivity contribution in [3.8, 4) is 5.75 Å². The Morgan fingerprint density at radius 2 is 2.17 bits per heavy atom. The van der Waals surface area contributed by atoms with Crippen molar-refractivity contribution < 1.29 is 13.9 Å². The molecule has 1 aromatic rings. The summed E-state index contributed by atoms with van der Waals surface area (Å²) in [4.78, 5) is 14.3. The molecule has 1 aliphatic heterocycles. The van der Waals surface area contributed by atoms with Crippen LogP contribution in [-0.4, -0.2) is 48.9 Å². The quantitative estimate of drug-likeness (QED) is 0.783. The second kappa shape index (κ2) is 6.20. The first kappa shape index (κ1) is 13.4. The number of methoxy groups -OCH3 is 1. The molecular formula is C13H16FNO2S. The van der Waals surface area contributed by atoms with Crippen LogP contribution in [0.3, 0.4) is 0 Å². The molecular weight excluding hydrogens is 253 g/mol. The Morgan fingerprint density at radius 1 is 1.44 bits per heavy atom. The first-order valence-corrected chi connectivity index (χ1v) is 7.03. The first-order chi connectivity index (χ1) is 8.70. The third-order valence-corrected chi connectivity index (χ3v) is 3.88. The summed E-state index contributed by atoms with van der Waals surface area (Å²) in [7, 11) is 1.49. The van der Waals surface area contributed by atoms with Crippen LogP contribution in [0.15, 0.2) is 18.2 Å². The van der Waals surface area contributed by atoms with Crippen molar-refractivity contribution >= 4 is 17.5 Å². The molecule has 1 aliphatic rings. The normalized spacial score (nSPS) is 16.6. The second-order valence-electron chi connectivity index (χ2n) is 4.16. The van der Waals surface area contributed by atoms with E-state index in [0.717, 1.165) is 24.6 Å². The van der Waals surface area contributed by atoms with Gasteiger partial charge in [0.15, 0.2) is 5.78 Å². The molecule has 0 unspecified atom stereocenters. The minimum Gasteiger partial charge on any atom is -0.496 e. The van der Waals surface area contributed by atoms with Crippen LogP contribution >= 0.6 is 11.8 Å². The average Bonchev–Trinajstić information content (AvgIpc) is 2.40. The number of benzene rings is 1. The number of carbonyl (C=O) groups excluding carboxylic acids is 1. The minimum absolute atomic E-state index is 0.0850. The van der Waals surface area contributed by atoms with Crippen LogP contribution in [0.5, 0.6) is 5.75 Å². The van der Waals surface area contributed by atoms with Gasteiger partial charge in [0.05, 0.1) is 19.2 Å². The molecule has 0 radical (unpaired) electrons. The molecule has 1 saturated heterocycles. The number of hydrogen-bond donors (Lipinski definition) is 0. The summed E-state index contributed by atoms with van der Waals surface area (Å²) >= 11 is 1.89. The number of hydrogen-bond acceptors (Lipinski definition) is 4. The van der Waals surface area contributed by atoms with Crippen LogP contribution in [0, 0.1) is 5.82 Å². The SMILES string of the molecule is COc1ccc(F)cc1C(=O)CN1CCSCC1. The third kappa shape index (κ3) is 3.23. The van der Waals surface area contributed by atoms with Gasteiger partial charge in [0.1, 0.15) is 11.6 Å². The number of ketones is 1. The molecule has 0 saturated carbocycles. The number of rotatable bonds is 4. The summed E-state index contributed by atoms with van der Waals surface area (Å²) < 4.78 is 18.3. The Bertz CT molecular complexity index is 433. The van der Waals surface area contributed by atoms with Crippen LogP contribution in [0.2, 0.25) is 0 Å². The molecule has 3 nitrogen and oxygen atoms in total. The number of nitrogens with zero attached hydrogens (tertiary/aromatic N) is 1. The Balaban J connectivity index is 2.09. The molecule has 5 heteroatoms. The molecule has 0 atom stereocenters. The number of Topliss-reactive ketones (excluding diaryl/α,β-unsaturated/α-hetero) is 1. The highest BCUT2D eigenvalue weighted by Gasteiger charge is 2.18. The molecule has 0 amide bonds. The summed E-state index contributed by atoms with van der Waals surface area (Å²) in [6.45, 7) is 2.16. The maximum atomic E-state index is 13.2. The van der Waals surface area contributed by atoms with E-state index in [1.54, 1.807) is 0 Å². The predicted molar refractivity (Wildman–Crippen MR) is 71.0 cm³/mol. The molecule has 0 bridgehead atoms. The van der Waals surface area contributed by atoms with Gasteiger partial charge in [0, 0.05) is 24.6 Å². The van der Waals surface area contributed by atoms with Crippen LogP contribution in [0.1, 0.15) is 10.4 Å². The van der Waals surface area contributed by atoms with Crippen molar-refractivity contribution in [1.29, 1.82) is 0 Å². The summed E-state index contributed by atoms with van der Waals surface area (Å²) in [5, 5.41) is 0. The zero-order chi connectivity index (χ0) is 13.0. The minimum atomic E-state index is -0.409. The molecule has 0 spiro atoms. The van der Waals surface area contributed by atoms with E-state index in [9.17, 15) is 9.18 Å².